The van der Waals surface area contributed by atoms with Gasteiger partial charge in [-0.2, -0.15) is 0 Å². The molecular weight excluding hydrogens is 510 g/mol. The van der Waals surface area contributed by atoms with Crippen molar-refractivity contribution < 1.29 is 18.0 Å². The summed E-state index contributed by atoms with van der Waals surface area (Å²) >= 11 is 0. The molecule has 0 aliphatic heterocycles. The minimum atomic E-state index is -4.09. The van der Waals surface area contributed by atoms with Gasteiger partial charge in [0.2, 0.25) is 11.8 Å². The second kappa shape index (κ2) is 12.9. The lowest BCUT2D eigenvalue weighted by atomic mass is 10.1. The van der Waals surface area contributed by atoms with Crippen LogP contribution in [0.1, 0.15) is 48.1 Å². The van der Waals surface area contributed by atoms with E-state index in [1.54, 1.807) is 43.3 Å². The fourth-order valence-corrected chi connectivity index (χ4v) is 5.78. The van der Waals surface area contributed by atoms with Crippen LogP contribution >= 0.6 is 0 Å². The summed E-state index contributed by atoms with van der Waals surface area (Å²) in [4.78, 5) is 28.6. The van der Waals surface area contributed by atoms with Crippen molar-refractivity contribution in [2.24, 2.45) is 0 Å². The fourth-order valence-electron chi connectivity index (χ4n) is 4.31. The van der Waals surface area contributed by atoms with E-state index in [0.29, 0.717) is 12.2 Å². The second-order valence-electron chi connectivity index (χ2n) is 9.96. The molecule has 0 heterocycles. The summed E-state index contributed by atoms with van der Waals surface area (Å²) in [6.07, 6.45) is 0.763. The van der Waals surface area contributed by atoms with E-state index < -0.39 is 28.5 Å². The van der Waals surface area contributed by atoms with Crippen LogP contribution < -0.4 is 9.62 Å². The van der Waals surface area contributed by atoms with Crippen LogP contribution in [-0.4, -0.2) is 44.3 Å². The molecule has 1 atom stereocenters. The third-order valence-electron chi connectivity index (χ3n) is 7.05. The van der Waals surface area contributed by atoms with Gasteiger partial charge in [0.25, 0.3) is 10.0 Å². The van der Waals surface area contributed by atoms with Crippen LogP contribution in [-0.2, 0) is 26.2 Å². The minimum absolute atomic E-state index is 0.0981. The average molecular weight is 550 g/mol. The number of benzene rings is 3. The average Bonchev–Trinajstić information content (AvgIpc) is 2.91. The molecule has 3 rings (SSSR count). The van der Waals surface area contributed by atoms with E-state index in [0.717, 1.165) is 34.2 Å². The maximum Gasteiger partial charge on any atom is 0.264 e. The molecule has 0 saturated carbocycles. The van der Waals surface area contributed by atoms with Crippen LogP contribution in [0.15, 0.2) is 71.6 Å². The van der Waals surface area contributed by atoms with Crippen LogP contribution in [0.3, 0.4) is 0 Å². The number of hydrogen-bond acceptors (Lipinski definition) is 4. The Balaban J connectivity index is 2.07. The van der Waals surface area contributed by atoms with Crippen LogP contribution in [0.25, 0.3) is 0 Å². The van der Waals surface area contributed by atoms with Crippen molar-refractivity contribution in [2.45, 2.75) is 65.4 Å². The molecule has 0 bridgehead atoms. The standard InChI is InChI=1S/C31H39N3O4S/c1-7-19-32-31(36)26(6)33(20-27-13-9-8-11-24(27)4)30(35)21-34(29-14-10-12-23(3)25(29)5)39(37,38)28-17-15-22(2)16-18-28/h8-18,26H,7,19-21H2,1-6H3,(H,32,36). The largest absolute Gasteiger partial charge is 0.354 e. The summed E-state index contributed by atoms with van der Waals surface area (Å²) in [5, 5.41) is 2.87. The lowest BCUT2D eigenvalue weighted by Gasteiger charge is -2.33. The Morgan fingerprint density at radius 1 is 0.872 bits per heavy atom. The highest BCUT2D eigenvalue weighted by Gasteiger charge is 2.33. The number of nitrogens with one attached hydrogen (secondary N) is 1. The van der Waals surface area contributed by atoms with Crippen molar-refractivity contribution in [3.8, 4) is 0 Å². The van der Waals surface area contributed by atoms with Gasteiger partial charge in [-0.15, -0.1) is 0 Å². The predicted octanol–water partition coefficient (Wildman–Crippen LogP) is 5.06. The molecule has 0 aliphatic carbocycles. The van der Waals surface area contributed by atoms with Gasteiger partial charge in [0, 0.05) is 13.1 Å². The molecule has 8 heteroatoms. The van der Waals surface area contributed by atoms with Gasteiger partial charge in [-0.05, 0) is 81.5 Å². The fraction of sp³-hybridized carbons (Fsp3) is 0.355. The van der Waals surface area contributed by atoms with E-state index in [1.165, 1.54) is 9.21 Å². The van der Waals surface area contributed by atoms with E-state index in [9.17, 15) is 18.0 Å². The zero-order valence-electron chi connectivity index (χ0n) is 23.7. The lowest BCUT2D eigenvalue weighted by Crippen LogP contribution is -2.51. The first-order valence-corrected chi connectivity index (χ1v) is 14.7. The van der Waals surface area contributed by atoms with Gasteiger partial charge in [-0.3, -0.25) is 13.9 Å². The number of carbonyl (C=O) groups excluding carboxylic acids is 2. The van der Waals surface area contributed by atoms with Crippen molar-refractivity contribution in [3.05, 3.63) is 94.5 Å². The van der Waals surface area contributed by atoms with Crippen LogP contribution in [0.2, 0.25) is 0 Å². The smallest absolute Gasteiger partial charge is 0.264 e. The Hall–Kier alpha value is -3.65. The number of amides is 2. The molecule has 1 unspecified atom stereocenters. The van der Waals surface area contributed by atoms with E-state index in [1.807, 2.05) is 65.0 Å². The highest BCUT2D eigenvalue weighted by Crippen LogP contribution is 2.29. The quantitative estimate of drug-likeness (QED) is 0.362. The van der Waals surface area contributed by atoms with Gasteiger partial charge in [-0.1, -0.05) is 61.0 Å². The molecule has 2 amide bonds. The van der Waals surface area contributed by atoms with Gasteiger partial charge in [0.1, 0.15) is 12.6 Å². The van der Waals surface area contributed by atoms with Crippen molar-refractivity contribution >= 4 is 27.5 Å². The van der Waals surface area contributed by atoms with Crippen LogP contribution in [0, 0.1) is 27.7 Å². The first-order chi connectivity index (χ1) is 18.5. The number of nitrogens with zero attached hydrogens (tertiary/aromatic N) is 2. The first kappa shape index (κ1) is 29.9. The van der Waals surface area contributed by atoms with Gasteiger partial charge in [0.15, 0.2) is 0 Å². The monoisotopic (exact) mass is 549 g/mol. The molecular formula is C31H39N3O4S. The summed E-state index contributed by atoms with van der Waals surface area (Å²) in [6.45, 7) is 11.4. The Kier molecular flexibility index (Phi) is 9.92. The zero-order valence-corrected chi connectivity index (χ0v) is 24.5. The van der Waals surface area contributed by atoms with E-state index in [4.69, 9.17) is 0 Å². The number of aryl methyl sites for hydroxylation is 3. The van der Waals surface area contributed by atoms with E-state index >= 15 is 0 Å². The van der Waals surface area contributed by atoms with E-state index in [-0.39, 0.29) is 17.3 Å². The van der Waals surface area contributed by atoms with Gasteiger partial charge in [0.05, 0.1) is 10.6 Å². The van der Waals surface area contributed by atoms with Gasteiger partial charge >= 0.3 is 0 Å². The molecule has 3 aromatic rings. The predicted molar refractivity (Wildman–Crippen MR) is 156 cm³/mol. The highest BCUT2D eigenvalue weighted by atomic mass is 32.2. The highest BCUT2D eigenvalue weighted by molar-refractivity contribution is 7.92. The summed E-state index contributed by atoms with van der Waals surface area (Å²) < 4.78 is 29.2. The maximum atomic E-state index is 14.0. The Labute approximate surface area is 232 Å². The number of anilines is 1. The maximum absolute atomic E-state index is 14.0. The van der Waals surface area contributed by atoms with Crippen molar-refractivity contribution in [3.63, 3.8) is 0 Å². The summed E-state index contributed by atoms with van der Waals surface area (Å²) in [5.74, 6) is -0.743. The topological polar surface area (TPSA) is 86.8 Å². The van der Waals surface area contributed by atoms with Crippen molar-refractivity contribution in [1.29, 1.82) is 0 Å². The zero-order chi connectivity index (χ0) is 28.7. The summed E-state index contributed by atoms with van der Waals surface area (Å²) in [7, 11) is -4.09. The Morgan fingerprint density at radius 3 is 2.15 bits per heavy atom. The number of sulfonamides is 1. The molecule has 0 aromatic heterocycles. The van der Waals surface area contributed by atoms with Crippen LogP contribution in [0.5, 0.6) is 0 Å². The molecule has 1 N–H and O–H groups in total. The van der Waals surface area contributed by atoms with Crippen molar-refractivity contribution in [2.75, 3.05) is 17.4 Å². The summed E-state index contributed by atoms with van der Waals surface area (Å²) in [5.41, 5.74) is 4.91. The SMILES string of the molecule is CCCNC(=O)C(C)N(Cc1ccccc1C)C(=O)CN(c1cccc(C)c1C)S(=O)(=O)c1ccc(C)cc1. The van der Waals surface area contributed by atoms with Crippen LogP contribution in [0.4, 0.5) is 5.69 Å². The van der Waals surface area contributed by atoms with Crippen molar-refractivity contribution in [1.82, 2.24) is 10.2 Å². The van der Waals surface area contributed by atoms with E-state index in [2.05, 4.69) is 5.32 Å². The molecule has 0 radical (unpaired) electrons. The Bertz CT molecular complexity index is 1420. The number of rotatable bonds is 11. The van der Waals surface area contributed by atoms with Gasteiger partial charge < -0.3 is 10.2 Å². The molecule has 39 heavy (non-hydrogen) atoms. The molecule has 0 spiro atoms. The number of hydrogen-bond donors (Lipinski definition) is 1. The van der Waals surface area contributed by atoms with Gasteiger partial charge in [-0.25, -0.2) is 8.42 Å². The minimum Gasteiger partial charge on any atom is -0.354 e. The first-order valence-electron chi connectivity index (χ1n) is 13.2. The second-order valence-corrected chi connectivity index (χ2v) is 11.8. The third kappa shape index (κ3) is 7.06. The molecule has 7 nitrogen and oxygen atoms in total. The Morgan fingerprint density at radius 2 is 1.51 bits per heavy atom. The summed E-state index contributed by atoms with van der Waals surface area (Å²) in [6, 6.07) is 18.8. The lowest BCUT2D eigenvalue weighted by molar-refractivity contribution is -0.139. The molecule has 0 saturated heterocycles. The molecule has 0 aliphatic rings. The number of carbonyl (C=O) groups is 2. The normalized spacial score (nSPS) is 12.1. The third-order valence-corrected chi connectivity index (χ3v) is 8.83. The molecule has 0 fully saturated rings. The molecule has 208 valence electrons. The molecule has 3 aromatic carbocycles.